The van der Waals surface area contributed by atoms with Gasteiger partial charge >= 0.3 is 0 Å². The molecule has 0 aromatic carbocycles. The van der Waals surface area contributed by atoms with Crippen LogP contribution in [0, 0.1) is 6.92 Å². The van der Waals surface area contributed by atoms with Gasteiger partial charge in [-0.05, 0) is 18.6 Å². The predicted octanol–water partition coefficient (Wildman–Crippen LogP) is 1.60. The molecule has 0 saturated heterocycles. The van der Waals surface area contributed by atoms with Crippen molar-refractivity contribution in [2.45, 2.75) is 19.9 Å². The number of aromatic nitrogens is 1. The van der Waals surface area contributed by atoms with Gasteiger partial charge in [0.2, 0.25) is 0 Å². The number of carbonyl (C=O) groups is 1. The van der Waals surface area contributed by atoms with E-state index in [0.29, 0.717) is 17.5 Å². The molecule has 2 N–H and O–H groups in total. The number of carbonyl (C=O) groups excluding carboxylic acids is 1. The summed E-state index contributed by atoms with van der Waals surface area (Å²) in [6, 6.07) is 1.08. The second kappa shape index (κ2) is 4.23. The van der Waals surface area contributed by atoms with Crippen molar-refractivity contribution in [2.24, 2.45) is 5.73 Å². The van der Waals surface area contributed by atoms with Crippen LogP contribution < -0.4 is 5.73 Å². The molecular formula is C9H10F2N2O. The lowest BCUT2D eigenvalue weighted by Gasteiger charge is -2.08. The number of hydrogen-bond acceptors (Lipinski definition) is 3. The SMILES string of the molecule is Cc1nc(C(F)F)cc(C=O)c1CN. The van der Waals surface area contributed by atoms with Gasteiger partial charge in [0.05, 0.1) is 0 Å². The Morgan fingerprint density at radius 1 is 1.64 bits per heavy atom. The number of halogens is 2. The molecule has 3 nitrogen and oxygen atoms in total. The normalized spacial score (nSPS) is 10.6. The lowest BCUT2D eigenvalue weighted by atomic mass is 10.1. The minimum absolute atomic E-state index is 0.121. The van der Waals surface area contributed by atoms with E-state index < -0.39 is 6.43 Å². The summed E-state index contributed by atoms with van der Waals surface area (Å²) in [5.41, 5.74) is 6.07. The Labute approximate surface area is 79.9 Å². The van der Waals surface area contributed by atoms with E-state index in [0.717, 1.165) is 6.07 Å². The zero-order chi connectivity index (χ0) is 10.7. The van der Waals surface area contributed by atoms with Crippen LogP contribution in [-0.2, 0) is 6.54 Å². The van der Waals surface area contributed by atoms with Crippen LogP contribution in [0.1, 0.15) is 33.7 Å². The fourth-order valence-corrected chi connectivity index (χ4v) is 1.23. The lowest BCUT2D eigenvalue weighted by Crippen LogP contribution is -2.07. The van der Waals surface area contributed by atoms with E-state index in [1.807, 2.05) is 0 Å². The first-order valence-electron chi connectivity index (χ1n) is 4.04. The Morgan fingerprint density at radius 3 is 2.71 bits per heavy atom. The number of hydrogen-bond donors (Lipinski definition) is 1. The number of rotatable bonds is 3. The molecule has 0 radical (unpaired) electrons. The third-order valence-electron chi connectivity index (χ3n) is 1.94. The number of nitrogens with zero attached hydrogens (tertiary/aromatic N) is 1. The average Bonchev–Trinajstić information content (AvgIpc) is 2.16. The molecule has 1 aromatic heterocycles. The first kappa shape index (κ1) is 10.7. The van der Waals surface area contributed by atoms with Crippen molar-refractivity contribution < 1.29 is 13.6 Å². The molecule has 0 bridgehead atoms. The zero-order valence-corrected chi connectivity index (χ0v) is 7.63. The minimum Gasteiger partial charge on any atom is -0.326 e. The molecule has 0 atom stereocenters. The summed E-state index contributed by atoms with van der Waals surface area (Å²) in [5.74, 6) is 0. The highest BCUT2D eigenvalue weighted by atomic mass is 19.3. The van der Waals surface area contributed by atoms with Crippen LogP contribution in [0.2, 0.25) is 0 Å². The second-order valence-corrected chi connectivity index (χ2v) is 2.82. The second-order valence-electron chi connectivity index (χ2n) is 2.82. The Hall–Kier alpha value is -1.36. The molecule has 14 heavy (non-hydrogen) atoms. The van der Waals surface area contributed by atoms with Crippen LogP contribution in [0.5, 0.6) is 0 Å². The van der Waals surface area contributed by atoms with Crippen molar-refractivity contribution >= 4 is 6.29 Å². The molecule has 0 aliphatic rings. The van der Waals surface area contributed by atoms with Crippen molar-refractivity contribution in [3.63, 3.8) is 0 Å². The standard InChI is InChI=1S/C9H10F2N2O/c1-5-7(3-12)6(4-14)2-8(13-5)9(10)11/h2,4,9H,3,12H2,1H3. The van der Waals surface area contributed by atoms with Crippen LogP contribution in [0.25, 0.3) is 0 Å². The van der Waals surface area contributed by atoms with Crippen molar-refractivity contribution in [1.29, 1.82) is 0 Å². The Morgan fingerprint density at radius 2 is 2.29 bits per heavy atom. The van der Waals surface area contributed by atoms with Gasteiger partial charge in [0, 0.05) is 17.8 Å². The van der Waals surface area contributed by atoms with Crippen molar-refractivity contribution in [3.8, 4) is 0 Å². The highest BCUT2D eigenvalue weighted by Gasteiger charge is 2.14. The van der Waals surface area contributed by atoms with E-state index in [2.05, 4.69) is 4.98 Å². The smallest absolute Gasteiger partial charge is 0.280 e. The summed E-state index contributed by atoms with van der Waals surface area (Å²) in [6.07, 6.45) is -2.15. The molecule has 1 rings (SSSR count). The number of nitrogens with two attached hydrogens (primary N) is 1. The first-order valence-corrected chi connectivity index (χ1v) is 4.04. The molecule has 0 unspecified atom stereocenters. The van der Waals surface area contributed by atoms with Crippen LogP contribution in [0.3, 0.4) is 0 Å². The van der Waals surface area contributed by atoms with Gasteiger partial charge in [-0.15, -0.1) is 0 Å². The van der Waals surface area contributed by atoms with E-state index >= 15 is 0 Å². The van der Waals surface area contributed by atoms with E-state index in [9.17, 15) is 13.6 Å². The van der Waals surface area contributed by atoms with Gasteiger partial charge in [0.15, 0.2) is 6.29 Å². The van der Waals surface area contributed by atoms with E-state index in [-0.39, 0.29) is 17.8 Å². The number of pyridine rings is 1. The van der Waals surface area contributed by atoms with E-state index in [1.54, 1.807) is 6.92 Å². The predicted molar refractivity (Wildman–Crippen MR) is 47.2 cm³/mol. The fraction of sp³-hybridized carbons (Fsp3) is 0.333. The Bertz CT molecular complexity index is 353. The topological polar surface area (TPSA) is 56.0 Å². The van der Waals surface area contributed by atoms with Crippen LogP contribution >= 0.6 is 0 Å². The maximum absolute atomic E-state index is 12.3. The van der Waals surface area contributed by atoms with Gasteiger partial charge in [-0.25, -0.2) is 8.78 Å². The first-order chi connectivity index (χ1) is 6.60. The molecule has 0 spiro atoms. The van der Waals surface area contributed by atoms with Gasteiger partial charge < -0.3 is 5.73 Å². The Kier molecular flexibility index (Phi) is 3.24. The third kappa shape index (κ3) is 1.93. The molecule has 5 heteroatoms. The van der Waals surface area contributed by atoms with Crippen LogP contribution in [0.15, 0.2) is 6.07 Å². The molecule has 0 saturated carbocycles. The van der Waals surface area contributed by atoms with Gasteiger partial charge in [0.25, 0.3) is 6.43 Å². The van der Waals surface area contributed by atoms with E-state index in [1.165, 1.54) is 0 Å². The molecule has 76 valence electrons. The number of aldehydes is 1. The summed E-state index contributed by atoms with van der Waals surface area (Å²) in [4.78, 5) is 14.2. The summed E-state index contributed by atoms with van der Waals surface area (Å²) >= 11 is 0. The zero-order valence-electron chi connectivity index (χ0n) is 7.63. The summed E-state index contributed by atoms with van der Waals surface area (Å²) in [5, 5.41) is 0. The van der Waals surface area contributed by atoms with Gasteiger partial charge in [-0.1, -0.05) is 0 Å². The summed E-state index contributed by atoms with van der Waals surface area (Å²) in [7, 11) is 0. The third-order valence-corrected chi connectivity index (χ3v) is 1.94. The molecule has 1 aromatic rings. The number of alkyl halides is 2. The maximum Gasteiger partial charge on any atom is 0.280 e. The fourth-order valence-electron chi connectivity index (χ4n) is 1.23. The average molecular weight is 200 g/mol. The van der Waals surface area contributed by atoms with E-state index in [4.69, 9.17) is 5.73 Å². The van der Waals surface area contributed by atoms with Crippen molar-refractivity contribution in [1.82, 2.24) is 4.98 Å². The van der Waals surface area contributed by atoms with Crippen LogP contribution in [0.4, 0.5) is 8.78 Å². The monoisotopic (exact) mass is 200 g/mol. The maximum atomic E-state index is 12.3. The van der Waals surface area contributed by atoms with Crippen LogP contribution in [-0.4, -0.2) is 11.3 Å². The molecule has 0 amide bonds. The van der Waals surface area contributed by atoms with Crippen molar-refractivity contribution in [2.75, 3.05) is 0 Å². The highest BCUT2D eigenvalue weighted by molar-refractivity contribution is 5.77. The molecule has 1 heterocycles. The number of aryl methyl sites for hydroxylation is 1. The van der Waals surface area contributed by atoms with Gasteiger partial charge in [-0.3, -0.25) is 9.78 Å². The summed E-state index contributed by atoms with van der Waals surface area (Å²) < 4.78 is 24.6. The quantitative estimate of drug-likeness (QED) is 0.754. The molecule has 0 aliphatic carbocycles. The molecule has 0 fully saturated rings. The van der Waals surface area contributed by atoms with Gasteiger partial charge in [-0.2, -0.15) is 0 Å². The highest BCUT2D eigenvalue weighted by Crippen LogP contribution is 2.20. The largest absolute Gasteiger partial charge is 0.326 e. The molecule has 0 aliphatic heterocycles. The minimum atomic E-state index is -2.67. The Balaban J connectivity index is 3.31. The lowest BCUT2D eigenvalue weighted by molar-refractivity contribution is 0.112. The van der Waals surface area contributed by atoms with Gasteiger partial charge in [0.1, 0.15) is 5.69 Å². The van der Waals surface area contributed by atoms with Crippen molar-refractivity contribution in [3.05, 3.63) is 28.6 Å². The summed E-state index contributed by atoms with van der Waals surface area (Å²) in [6.45, 7) is 1.68. The molecular weight excluding hydrogens is 190 g/mol.